The van der Waals surface area contributed by atoms with E-state index in [1.165, 1.54) is 0 Å². The fourth-order valence-corrected chi connectivity index (χ4v) is 1.44. The van der Waals surface area contributed by atoms with Gasteiger partial charge in [0.15, 0.2) is 0 Å². The maximum absolute atomic E-state index is 5.65. The van der Waals surface area contributed by atoms with Gasteiger partial charge in [-0.3, -0.25) is 0 Å². The molecule has 0 fully saturated rings. The maximum Gasteiger partial charge on any atom is 0.222 e. The second-order valence-electron chi connectivity index (χ2n) is 3.24. The van der Waals surface area contributed by atoms with Crippen molar-refractivity contribution in [2.24, 2.45) is 0 Å². The topological polar surface area (TPSA) is 61.0 Å². The molecule has 0 radical (unpaired) electrons. The van der Waals surface area contributed by atoms with Crippen LogP contribution in [0.4, 0.5) is 5.82 Å². The predicted octanol–water partition coefficient (Wildman–Crippen LogP) is 2.12. The number of pyridine rings is 2. The van der Waals surface area contributed by atoms with Crippen LogP contribution in [0.25, 0.3) is 11.3 Å². The summed E-state index contributed by atoms with van der Waals surface area (Å²) >= 11 is 0. The average molecular weight is 215 g/mol. The van der Waals surface area contributed by atoms with E-state index in [2.05, 4.69) is 9.97 Å². The number of aromatic nitrogens is 2. The highest BCUT2D eigenvalue weighted by Crippen LogP contribution is 2.26. The maximum atomic E-state index is 5.65. The van der Waals surface area contributed by atoms with Crippen LogP contribution < -0.4 is 10.5 Å². The van der Waals surface area contributed by atoms with Crippen molar-refractivity contribution in [1.82, 2.24) is 9.97 Å². The lowest BCUT2D eigenvalue weighted by Crippen LogP contribution is -1.98. The Morgan fingerprint density at radius 1 is 1.25 bits per heavy atom. The van der Waals surface area contributed by atoms with Crippen molar-refractivity contribution >= 4 is 5.82 Å². The quantitative estimate of drug-likeness (QED) is 0.851. The van der Waals surface area contributed by atoms with Gasteiger partial charge in [-0.1, -0.05) is 6.07 Å². The van der Waals surface area contributed by atoms with E-state index in [4.69, 9.17) is 10.5 Å². The molecule has 0 aliphatic heterocycles. The van der Waals surface area contributed by atoms with E-state index in [1.807, 2.05) is 31.2 Å². The summed E-state index contributed by atoms with van der Waals surface area (Å²) in [5, 5.41) is 0. The molecule has 0 aliphatic carbocycles. The monoisotopic (exact) mass is 215 g/mol. The molecule has 82 valence electrons. The van der Waals surface area contributed by atoms with E-state index >= 15 is 0 Å². The summed E-state index contributed by atoms with van der Waals surface area (Å²) in [6, 6.07) is 9.26. The molecule has 0 amide bonds. The van der Waals surface area contributed by atoms with Gasteiger partial charge >= 0.3 is 0 Å². The SMILES string of the molecule is CCOc1ncccc1-c1cccc(N)n1. The fourth-order valence-electron chi connectivity index (χ4n) is 1.44. The van der Waals surface area contributed by atoms with Crippen molar-refractivity contribution in [3.8, 4) is 17.1 Å². The number of ether oxygens (including phenoxy) is 1. The molecular formula is C12H13N3O. The number of nitrogen functional groups attached to an aromatic ring is 1. The summed E-state index contributed by atoms with van der Waals surface area (Å²) in [5.41, 5.74) is 7.28. The second kappa shape index (κ2) is 4.61. The highest BCUT2D eigenvalue weighted by Gasteiger charge is 2.07. The smallest absolute Gasteiger partial charge is 0.222 e. The zero-order valence-corrected chi connectivity index (χ0v) is 9.05. The summed E-state index contributed by atoms with van der Waals surface area (Å²) < 4.78 is 5.44. The minimum atomic E-state index is 0.490. The van der Waals surface area contributed by atoms with E-state index in [0.29, 0.717) is 18.3 Å². The second-order valence-corrected chi connectivity index (χ2v) is 3.24. The molecule has 4 nitrogen and oxygen atoms in total. The first-order chi connectivity index (χ1) is 7.81. The van der Waals surface area contributed by atoms with Crippen molar-refractivity contribution in [2.45, 2.75) is 6.92 Å². The number of anilines is 1. The van der Waals surface area contributed by atoms with Gasteiger partial charge < -0.3 is 10.5 Å². The summed E-state index contributed by atoms with van der Waals surface area (Å²) in [4.78, 5) is 8.42. The number of hydrogen-bond acceptors (Lipinski definition) is 4. The summed E-state index contributed by atoms with van der Waals surface area (Å²) in [6.45, 7) is 2.50. The highest BCUT2D eigenvalue weighted by molar-refractivity contribution is 5.65. The van der Waals surface area contributed by atoms with Gasteiger partial charge in [-0.05, 0) is 31.2 Å². The predicted molar refractivity (Wildman–Crippen MR) is 63.0 cm³/mol. The summed E-state index contributed by atoms with van der Waals surface area (Å²) in [6.07, 6.45) is 1.70. The Morgan fingerprint density at radius 3 is 2.88 bits per heavy atom. The van der Waals surface area contributed by atoms with E-state index < -0.39 is 0 Å². The molecule has 0 bridgehead atoms. The van der Waals surface area contributed by atoms with Gasteiger partial charge in [0, 0.05) is 6.20 Å². The number of nitrogens with two attached hydrogens (primary N) is 1. The lowest BCUT2D eigenvalue weighted by atomic mass is 10.2. The molecule has 4 heteroatoms. The van der Waals surface area contributed by atoms with Crippen LogP contribution in [0.2, 0.25) is 0 Å². The van der Waals surface area contributed by atoms with E-state index in [-0.39, 0.29) is 0 Å². The van der Waals surface area contributed by atoms with Gasteiger partial charge in [0.2, 0.25) is 5.88 Å². The van der Waals surface area contributed by atoms with Gasteiger partial charge in [-0.25, -0.2) is 9.97 Å². The highest BCUT2D eigenvalue weighted by atomic mass is 16.5. The van der Waals surface area contributed by atoms with Gasteiger partial charge in [0.05, 0.1) is 17.9 Å². The molecule has 16 heavy (non-hydrogen) atoms. The van der Waals surface area contributed by atoms with Crippen molar-refractivity contribution in [3.05, 3.63) is 36.5 Å². The summed E-state index contributed by atoms with van der Waals surface area (Å²) in [5.74, 6) is 1.08. The van der Waals surface area contributed by atoms with Crippen LogP contribution in [0.3, 0.4) is 0 Å². The molecule has 2 aromatic rings. The van der Waals surface area contributed by atoms with Crippen LogP contribution in [0.1, 0.15) is 6.92 Å². The van der Waals surface area contributed by atoms with Crippen LogP contribution in [0.5, 0.6) is 5.88 Å². The Labute approximate surface area is 94.1 Å². The van der Waals surface area contributed by atoms with Crippen LogP contribution in [-0.4, -0.2) is 16.6 Å². The van der Waals surface area contributed by atoms with E-state index in [1.54, 1.807) is 12.3 Å². The number of hydrogen-bond donors (Lipinski definition) is 1. The molecule has 0 aromatic carbocycles. The molecule has 2 N–H and O–H groups in total. The third-order valence-corrected chi connectivity index (χ3v) is 2.10. The zero-order valence-electron chi connectivity index (χ0n) is 9.05. The number of rotatable bonds is 3. The van der Waals surface area contributed by atoms with Crippen LogP contribution in [-0.2, 0) is 0 Å². The minimum absolute atomic E-state index is 0.490. The van der Waals surface area contributed by atoms with E-state index in [0.717, 1.165) is 11.3 Å². The van der Waals surface area contributed by atoms with Crippen molar-refractivity contribution < 1.29 is 4.74 Å². The largest absolute Gasteiger partial charge is 0.477 e. The molecule has 2 heterocycles. The minimum Gasteiger partial charge on any atom is -0.477 e. The molecule has 0 unspecified atom stereocenters. The first-order valence-corrected chi connectivity index (χ1v) is 5.12. The first-order valence-electron chi connectivity index (χ1n) is 5.12. The average Bonchev–Trinajstić information content (AvgIpc) is 2.30. The Morgan fingerprint density at radius 2 is 2.12 bits per heavy atom. The third kappa shape index (κ3) is 2.11. The molecule has 0 saturated heterocycles. The van der Waals surface area contributed by atoms with Gasteiger partial charge in [-0.2, -0.15) is 0 Å². The zero-order chi connectivity index (χ0) is 11.4. The van der Waals surface area contributed by atoms with Crippen LogP contribution in [0, 0.1) is 0 Å². The number of nitrogens with zero attached hydrogens (tertiary/aromatic N) is 2. The van der Waals surface area contributed by atoms with Gasteiger partial charge in [0.25, 0.3) is 0 Å². The molecule has 0 spiro atoms. The Bertz CT molecular complexity index is 485. The Balaban J connectivity index is 2.46. The molecular weight excluding hydrogens is 202 g/mol. The van der Waals surface area contributed by atoms with E-state index in [9.17, 15) is 0 Å². The summed E-state index contributed by atoms with van der Waals surface area (Å²) in [7, 11) is 0. The van der Waals surface area contributed by atoms with Crippen molar-refractivity contribution in [1.29, 1.82) is 0 Å². The van der Waals surface area contributed by atoms with Gasteiger partial charge in [0.1, 0.15) is 5.82 Å². The molecule has 0 saturated carbocycles. The van der Waals surface area contributed by atoms with Crippen molar-refractivity contribution in [3.63, 3.8) is 0 Å². The van der Waals surface area contributed by atoms with Crippen LogP contribution in [0.15, 0.2) is 36.5 Å². The normalized spacial score (nSPS) is 10.1. The molecule has 0 atom stereocenters. The standard InChI is InChI=1S/C12H13N3O/c1-2-16-12-9(5-4-8-14-12)10-6-3-7-11(13)15-10/h3-8H,2H2,1H3,(H2,13,15). The molecule has 2 rings (SSSR count). The van der Waals surface area contributed by atoms with Crippen molar-refractivity contribution in [2.75, 3.05) is 12.3 Å². The lowest BCUT2D eigenvalue weighted by Gasteiger charge is -2.08. The van der Waals surface area contributed by atoms with Gasteiger partial charge in [-0.15, -0.1) is 0 Å². The Kier molecular flexibility index (Phi) is 3.00. The third-order valence-electron chi connectivity index (χ3n) is 2.10. The lowest BCUT2D eigenvalue weighted by molar-refractivity contribution is 0.328. The molecule has 2 aromatic heterocycles. The van der Waals surface area contributed by atoms with Crippen LogP contribution >= 0.6 is 0 Å². The Hall–Kier alpha value is -2.10. The first kappa shape index (κ1) is 10.4. The fraction of sp³-hybridized carbons (Fsp3) is 0.167. The molecule has 0 aliphatic rings.